The van der Waals surface area contributed by atoms with Crippen LogP contribution < -0.4 is 15.5 Å². The van der Waals surface area contributed by atoms with Crippen molar-refractivity contribution < 1.29 is 9.15 Å². The third-order valence-corrected chi connectivity index (χ3v) is 7.18. The molecule has 1 aliphatic heterocycles. The molecule has 1 saturated heterocycles. The molecular weight excluding hydrogens is 448 g/mol. The minimum absolute atomic E-state index is 0.00998. The molecule has 194 valence electrons. The molecule has 0 unspecified atom stereocenters. The SMILES string of the molecule is O=c1c(-c2ccccc2)coc2cc(OCCCCCCCCCCCCN3CCNCC3)ccc12. The molecule has 2 heterocycles. The van der Waals surface area contributed by atoms with E-state index in [0.29, 0.717) is 23.1 Å². The Morgan fingerprint density at radius 1 is 0.806 bits per heavy atom. The first-order valence-corrected chi connectivity index (χ1v) is 14.0. The van der Waals surface area contributed by atoms with E-state index in [1.54, 1.807) is 6.26 Å². The fourth-order valence-corrected chi connectivity index (χ4v) is 4.99. The lowest BCUT2D eigenvalue weighted by atomic mass is 10.1. The number of nitrogens with zero attached hydrogens (tertiary/aromatic N) is 1. The summed E-state index contributed by atoms with van der Waals surface area (Å²) in [7, 11) is 0. The maximum atomic E-state index is 12.9. The van der Waals surface area contributed by atoms with E-state index < -0.39 is 0 Å². The number of unbranched alkanes of at least 4 members (excludes halogenated alkanes) is 9. The number of nitrogens with one attached hydrogen (secondary N) is 1. The van der Waals surface area contributed by atoms with Gasteiger partial charge in [0.1, 0.15) is 17.6 Å². The molecule has 0 saturated carbocycles. The second kappa shape index (κ2) is 14.8. The highest BCUT2D eigenvalue weighted by molar-refractivity contribution is 5.82. The van der Waals surface area contributed by atoms with E-state index in [-0.39, 0.29) is 5.43 Å². The van der Waals surface area contributed by atoms with Gasteiger partial charge in [-0.05, 0) is 37.1 Å². The van der Waals surface area contributed by atoms with Crippen LogP contribution in [0.2, 0.25) is 0 Å². The number of rotatable bonds is 15. The van der Waals surface area contributed by atoms with Gasteiger partial charge in [-0.1, -0.05) is 81.7 Å². The van der Waals surface area contributed by atoms with Crippen LogP contribution in [0.25, 0.3) is 22.1 Å². The predicted molar refractivity (Wildman–Crippen MR) is 149 cm³/mol. The molecule has 5 heteroatoms. The Kier molecular flexibility index (Phi) is 10.9. The molecule has 0 bridgehead atoms. The summed E-state index contributed by atoms with van der Waals surface area (Å²) in [5, 5.41) is 4.01. The molecule has 1 N–H and O–H groups in total. The van der Waals surface area contributed by atoms with Gasteiger partial charge in [0, 0.05) is 32.2 Å². The van der Waals surface area contributed by atoms with Crippen molar-refractivity contribution in [3.05, 3.63) is 65.0 Å². The third-order valence-electron chi connectivity index (χ3n) is 7.18. The normalized spacial score (nSPS) is 14.3. The summed E-state index contributed by atoms with van der Waals surface area (Å²) in [5.74, 6) is 0.759. The maximum Gasteiger partial charge on any atom is 0.200 e. The van der Waals surface area contributed by atoms with Crippen molar-refractivity contribution in [2.45, 2.75) is 64.2 Å². The van der Waals surface area contributed by atoms with Gasteiger partial charge in [0.25, 0.3) is 0 Å². The Morgan fingerprint density at radius 2 is 1.47 bits per heavy atom. The Balaban J connectivity index is 1.04. The van der Waals surface area contributed by atoms with E-state index >= 15 is 0 Å². The minimum Gasteiger partial charge on any atom is -0.493 e. The summed E-state index contributed by atoms with van der Waals surface area (Å²) in [6.45, 7) is 6.75. The van der Waals surface area contributed by atoms with Crippen LogP contribution >= 0.6 is 0 Å². The predicted octanol–water partition coefficient (Wildman–Crippen LogP) is 6.65. The number of hydrogen-bond donors (Lipinski definition) is 1. The van der Waals surface area contributed by atoms with E-state index in [0.717, 1.165) is 30.8 Å². The first kappa shape index (κ1) is 26.4. The smallest absolute Gasteiger partial charge is 0.200 e. The van der Waals surface area contributed by atoms with Gasteiger partial charge in [0.2, 0.25) is 0 Å². The van der Waals surface area contributed by atoms with E-state index in [2.05, 4.69) is 10.2 Å². The van der Waals surface area contributed by atoms with Gasteiger partial charge in [0.05, 0.1) is 17.6 Å². The summed E-state index contributed by atoms with van der Waals surface area (Å²) in [4.78, 5) is 15.5. The summed E-state index contributed by atoms with van der Waals surface area (Å²) in [6.07, 6.45) is 14.7. The zero-order chi connectivity index (χ0) is 24.8. The monoisotopic (exact) mass is 490 g/mol. The fraction of sp³-hybridized carbons (Fsp3) is 0.516. The van der Waals surface area contributed by atoms with Gasteiger partial charge in [-0.2, -0.15) is 0 Å². The zero-order valence-electron chi connectivity index (χ0n) is 21.7. The van der Waals surface area contributed by atoms with Crippen molar-refractivity contribution in [2.24, 2.45) is 0 Å². The summed E-state index contributed by atoms with van der Waals surface area (Å²) >= 11 is 0. The van der Waals surface area contributed by atoms with E-state index in [4.69, 9.17) is 9.15 Å². The molecule has 1 aliphatic rings. The average Bonchev–Trinajstić information content (AvgIpc) is 2.92. The standard InChI is InChI=1S/C31H42N2O3/c34-31-28-17-16-27(24-30(28)36-25-29(31)26-14-10-9-11-15-26)35-23-13-8-6-4-2-1-3-5-7-12-20-33-21-18-32-19-22-33/h9-11,14-17,24-25,32H,1-8,12-13,18-23H2. The molecule has 1 fully saturated rings. The molecule has 0 radical (unpaired) electrons. The van der Waals surface area contributed by atoms with Crippen molar-refractivity contribution >= 4 is 11.0 Å². The van der Waals surface area contributed by atoms with Crippen LogP contribution in [0, 0.1) is 0 Å². The van der Waals surface area contributed by atoms with Crippen molar-refractivity contribution in [2.75, 3.05) is 39.3 Å². The zero-order valence-corrected chi connectivity index (χ0v) is 21.7. The molecule has 1 aromatic heterocycles. The highest BCUT2D eigenvalue weighted by Crippen LogP contribution is 2.23. The van der Waals surface area contributed by atoms with E-state index in [1.165, 1.54) is 77.4 Å². The number of hydrogen-bond acceptors (Lipinski definition) is 5. The lowest BCUT2D eigenvalue weighted by Crippen LogP contribution is -2.43. The van der Waals surface area contributed by atoms with Crippen molar-refractivity contribution in [3.8, 4) is 16.9 Å². The molecule has 0 aliphatic carbocycles. The van der Waals surface area contributed by atoms with Crippen LogP contribution in [0.3, 0.4) is 0 Å². The largest absolute Gasteiger partial charge is 0.493 e. The molecule has 36 heavy (non-hydrogen) atoms. The van der Waals surface area contributed by atoms with Gasteiger partial charge >= 0.3 is 0 Å². The second-order valence-electron chi connectivity index (χ2n) is 9.98. The molecule has 0 spiro atoms. The Morgan fingerprint density at radius 3 is 2.19 bits per heavy atom. The lowest BCUT2D eigenvalue weighted by molar-refractivity contribution is 0.236. The molecule has 0 atom stereocenters. The number of piperazine rings is 1. The summed E-state index contributed by atoms with van der Waals surface area (Å²) < 4.78 is 11.7. The minimum atomic E-state index is -0.00998. The Labute approximate surface area is 215 Å². The molecule has 3 aromatic rings. The number of benzene rings is 2. The van der Waals surface area contributed by atoms with Crippen LogP contribution in [0.4, 0.5) is 0 Å². The van der Waals surface area contributed by atoms with Crippen LogP contribution in [0.5, 0.6) is 5.75 Å². The Hall–Kier alpha value is -2.63. The van der Waals surface area contributed by atoms with E-state index in [1.807, 2.05) is 48.5 Å². The van der Waals surface area contributed by atoms with Gasteiger partial charge in [-0.25, -0.2) is 0 Å². The molecule has 5 nitrogen and oxygen atoms in total. The summed E-state index contributed by atoms with van der Waals surface area (Å²) in [5.41, 5.74) is 2.02. The first-order chi connectivity index (χ1) is 17.8. The van der Waals surface area contributed by atoms with Crippen LogP contribution in [-0.4, -0.2) is 44.2 Å². The molecule has 2 aromatic carbocycles. The molecular formula is C31H42N2O3. The maximum absolute atomic E-state index is 12.9. The molecule has 0 amide bonds. The van der Waals surface area contributed by atoms with Crippen LogP contribution in [0.15, 0.2) is 64.0 Å². The van der Waals surface area contributed by atoms with Gasteiger partial charge in [0.15, 0.2) is 5.43 Å². The van der Waals surface area contributed by atoms with Crippen molar-refractivity contribution in [1.82, 2.24) is 10.2 Å². The van der Waals surface area contributed by atoms with Crippen molar-refractivity contribution in [3.63, 3.8) is 0 Å². The quantitative estimate of drug-likeness (QED) is 0.242. The topological polar surface area (TPSA) is 54.7 Å². The highest BCUT2D eigenvalue weighted by atomic mass is 16.5. The number of ether oxygens (including phenoxy) is 1. The van der Waals surface area contributed by atoms with Crippen molar-refractivity contribution in [1.29, 1.82) is 0 Å². The highest BCUT2D eigenvalue weighted by Gasteiger charge is 2.10. The molecule has 4 rings (SSSR count). The second-order valence-corrected chi connectivity index (χ2v) is 9.98. The number of fused-ring (bicyclic) bond motifs is 1. The lowest BCUT2D eigenvalue weighted by Gasteiger charge is -2.27. The van der Waals surface area contributed by atoms with E-state index in [9.17, 15) is 4.79 Å². The van der Waals surface area contributed by atoms with Crippen LogP contribution in [-0.2, 0) is 0 Å². The van der Waals surface area contributed by atoms with Gasteiger partial charge in [-0.3, -0.25) is 4.79 Å². The van der Waals surface area contributed by atoms with Gasteiger partial charge in [-0.15, -0.1) is 0 Å². The van der Waals surface area contributed by atoms with Gasteiger partial charge < -0.3 is 19.4 Å². The Bertz CT molecular complexity index is 1090. The van der Waals surface area contributed by atoms with Crippen LogP contribution in [0.1, 0.15) is 64.2 Å². The fourth-order valence-electron chi connectivity index (χ4n) is 4.99. The summed E-state index contributed by atoms with van der Waals surface area (Å²) in [6, 6.07) is 15.1. The third kappa shape index (κ3) is 8.21. The first-order valence-electron chi connectivity index (χ1n) is 14.0. The average molecular weight is 491 g/mol.